The first-order valence-electron chi connectivity index (χ1n) is 6.70. The van der Waals surface area contributed by atoms with Gasteiger partial charge in [0.25, 0.3) is 0 Å². The molecule has 0 fully saturated rings. The van der Waals surface area contributed by atoms with E-state index in [-0.39, 0.29) is 5.91 Å². The molecule has 4 nitrogen and oxygen atoms in total. The summed E-state index contributed by atoms with van der Waals surface area (Å²) in [6, 6.07) is 17.5. The predicted octanol–water partition coefficient (Wildman–Crippen LogP) is 3.00. The Kier molecular flexibility index (Phi) is 3.51. The van der Waals surface area contributed by atoms with E-state index in [4.69, 9.17) is 5.73 Å². The molecule has 1 amide bonds. The lowest BCUT2D eigenvalue weighted by molar-refractivity contribution is -0.115. The maximum Gasteiger partial charge on any atom is 0.230 e. The molecule has 0 aliphatic carbocycles. The van der Waals surface area contributed by atoms with Crippen molar-refractivity contribution in [1.29, 1.82) is 0 Å². The number of pyridine rings is 1. The Balaban J connectivity index is 1.75. The van der Waals surface area contributed by atoms with E-state index < -0.39 is 0 Å². The van der Waals surface area contributed by atoms with Gasteiger partial charge in [-0.1, -0.05) is 42.5 Å². The Morgan fingerprint density at radius 1 is 1.05 bits per heavy atom. The van der Waals surface area contributed by atoms with Crippen molar-refractivity contribution in [2.24, 2.45) is 0 Å². The maximum absolute atomic E-state index is 12.1. The molecule has 4 heteroatoms. The number of hydrogen-bond acceptors (Lipinski definition) is 3. The molecule has 104 valence electrons. The van der Waals surface area contributed by atoms with Crippen molar-refractivity contribution >= 4 is 28.2 Å². The van der Waals surface area contributed by atoms with Gasteiger partial charge in [0.1, 0.15) is 0 Å². The maximum atomic E-state index is 12.1. The Morgan fingerprint density at radius 2 is 1.86 bits per heavy atom. The average Bonchev–Trinajstić information content (AvgIpc) is 2.49. The van der Waals surface area contributed by atoms with Crippen LogP contribution in [-0.4, -0.2) is 10.9 Å². The monoisotopic (exact) mass is 277 g/mol. The van der Waals surface area contributed by atoms with E-state index in [0.717, 1.165) is 16.3 Å². The lowest BCUT2D eigenvalue weighted by atomic mass is 10.0. The van der Waals surface area contributed by atoms with Crippen molar-refractivity contribution in [3.05, 3.63) is 66.4 Å². The molecule has 0 spiro atoms. The minimum atomic E-state index is -0.129. The highest BCUT2D eigenvalue weighted by Gasteiger charge is 2.07. The van der Waals surface area contributed by atoms with Crippen LogP contribution in [0.15, 0.2) is 60.8 Å². The van der Waals surface area contributed by atoms with Crippen LogP contribution in [0.25, 0.3) is 10.8 Å². The lowest BCUT2D eigenvalue weighted by Crippen LogP contribution is -2.16. The number of nitrogen functional groups attached to an aromatic ring is 1. The fraction of sp³-hybridized carbons (Fsp3) is 0.0588. The molecule has 3 aromatic rings. The number of carbonyl (C=O) groups excluding carboxylic acids is 1. The molecule has 21 heavy (non-hydrogen) atoms. The van der Waals surface area contributed by atoms with Crippen LogP contribution in [0.1, 0.15) is 5.56 Å². The van der Waals surface area contributed by atoms with E-state index in [1.165, 1.54) is 0 Å². The van der Waals surface area contributed by atoms with E-state index in [0.29, 0.717) is 17.9 Å². The molecular weight excluding hydrogens is 262 g/mol. The van der Waals surface area contributed by atoms with Crippen LogP contribution in [0.5, 0.6) is 0 Å². The molecule has 0 saturated heterocycles. The smallest absolute Gasteiger partial charge is 0.230 e. The number of nitrogens with two attached hydrogens (primary N) is 1. The predicted molar refractivity (Wildman–Crippen MR) is 84.9 cm³/mol. The minimum Gasteiger partial charge on any atom is -0.396 e. The summed E-state index contributed by atoms with van der Waals surface area (Å²) >= 11 is 0. The summed E-state index contributed by atoms with van der Waals surface area (Å²) in [5.41, 5.74) is 7.18. The van der Waals surface area contributed by atoms with Gasteiger partial charge in [0.2, 0.25) is 5.91 Å². The lowest BCUT2D eigenvalue weighted by Gasteiger charge is -2.07. The van der Waals surface area contributed by atoms with Crippen LogP contribution >= 0.6 is 0 Å². The van der Waals surface area contributed by atoms with E-state index in [2.05, 4.69) is 10.3 Å². The molecule has 1 aromatic heterocycles. The van der Waals surface area contributed by atoms with Crippen molar-refractivity contribution < 1.29 is 4.79 Å². The van der Waals surface area contributed by atoms with Crippen molar-refractivity contribution in [3.8, 4) is 0 Å². The van der Waals surface area contributed by atoms with Crippen molar-refractivity contribution in [2.75, 3.05) is 11.1 Å². The summed E-state index contributed by atoms with van der Waals surface area (Å²) in [6.45, 7) is 0. The molecule has 0 bridgehead atoms. The minimum absolute atomic E-state index is 0.129. The van der Waals surface area contributed by atoms with Gasteiger partial charge in [-0.05, 0) is 28.5 Å². The number of hydrogen-bond donors (Lipinski definition) is 2. The molecule has 0 aliphatic heterocycles. The number of anilines is 2. The van der Waals surface area contributed by atoms with Crippen molar-refractivity contribution in [1.82, 2.24) is 4.98 Å². The summed E-state index contributed by atoms with van der Waals surface area (Å²) in [5.74, 6) is 0.277. The first-order chi connectivity index (χ1) is 10.2. The molecular formula is C17H15N3O. The van der Waals surface area contributed by atoms with Gasteiger partial charge in [-0.25, -0.2) is 4.98 Å². The van der Waals surface area contributed by atoms with Crippen LogP contribution in [0, 0.1) is 0 Å². The molecule has 3 rings (SSSR count). The summed E-state index contributed by atoms with van der Waals surface area (Å²) in [7, 11) is 0. The Hall–Kier alpha value is -2.88. The second-order valence-electron chi connectivity index (χ2n) is 4.85. The van der Waals surface area contributed by atoms with Crippen LogP contribution in [0.4, 0.5) is 11.5 Å². The van der Waals surface area contributed by atoms with Gasteiger partial charge < -0.3 is 11.1 Å². The van der Waals surface area contributed by atoms with Crippen molar-refractivity contribution in [2.45, 2.75) is 6.42 Å². The Bertz CT molecular complexity index is 799. The summed E-state index contributed by atoms with van der Waals surface area (Å²) in [4.78, 5) is 16.1. The quantitative estimate of drug-likeness (QED) is 0.773. The molecule has 0 saturated carbocycles. The van der Waals surface area contributed by atoms with Crippen LogP contribution in [-0.2, 0) is 11.2 Å². The van der Waals surface area contributed by atoms with E-state index in [1.807, 2.05) is 42.5 Å². The average molecular weight is 277 g/mol. The van der Waals surface area contributed by atoms with Crippen LogP contribution in [0.3, 0.4) is 0 Å². The summed E-state index contributed by atoms with van der Waals surface area (Å²) < 4.78 is 0. The SMILES string of the molecule is Nc1cccnc1NC(=O)Cc1ccc2ccccc2c1. The van der Waals surface area contributed by atoms with Crippen LogP contribution in [0.2, 0.25) is 0 Å². The summed E-state index contributed by atoms with van der Waals surface area (Å²) in [6.07, 6.45) is 1.89. The number of nitrogens with zero attached hydrogens (tertiary/aromatic N) is 1. The molecule has 1 heterocycles. The molecule has 0 aliphatic rings. The second kappa shape index (κ2) is 5.63. The van der Waals surface area contributed by atoms with Gasteiger partial charge in [-0.3, -0.25) is 4.79 Å². The molecule has 2 aromatic carbocycles. The highest BCUT2D eigenvalue weighted by molar-refractivity contribution is 5.94. The van der Waals surface area contributed by atoms with Crippen LogP contribution < -0.4 is 11.1 Å². The van der Waals surface area contributed by atoms with E-state index >= 15 is 0 Å². The number of aromatic nitrogens is 1. The number of rotatable bonds is 3. The van der Waals surface area contributed by atoms with Gasteiger partial charge in [-0.15, -0.1) is 0 Å². The zero-order chi connectivity index (χ0) is 14.7. The third kappa shape index (κ3) is 3.00. The zero-order valence-corrected chi connectivity index (χ0v) is 11.4. The standard InChI is InChI=1S/C17H15N3O/c18-15-6-3-9-19-17(15)20-16(21)11-12-7-8-13-4-1-2-5-14(13)10-12/h1-10H,11,18H2,(H,19,20,21). The first-order valence-corrected chi connectivity index (χ1v) is 6.70. The number of carbonyl (C=O) groups is 1. The normalized spacial score (nSPS) is 10.5. The number of benzene rings is 2. The fourth-order valence-corrected chi connectivity index (χ4v) is 2.23. The highest BCUT2D eigenvalue weighted by atomic mass is 16.1. The number of fused-ring (bicyclic) bond motifs is 1. The second-order valence-corrected chi connectivity index (χ2v) is 4.85. The van der Waals surface area contributed by atoms with E-state index in [9.17, 15) is 4.79 Å². The van der Waals surface area contributed by atoms with Gasteiger partial charge in [0, 0.05) is 6.20 Å². The van der Waals surface area contributed by atoms with Gasteiger partial charge in [0.15, 0.2) is 5.82 Å². The summed E-state index contributed by atoms with van der Waals surface area (Å²) in [5, 5.41) is 5.02. The van der Waals surface area contributed by atoms with Gasteiger partial charge >= 0.3 is 0 Å². The molecule has 0 unspecified atom stereocenters. The molecule has 0 radical (unpaired) electrons. The number of amides is 1. The fourth-order valence-electron chi connectivity index (χ4n) is 2.23. The third-order valence-corrected chi connectivity index (χ3v) is 3.28. The highest BCUT2D eigenvalue weighted by Crippen LogP contribution is 2.17. The van der Waals surface area contributed by atoms with E-state index in [1.54, 1.807) is 18.3 Å². The Labute approximate surface area is 122 Å². The Morgan fingerprint density at radius 3 is 2.67 bits per heavy atom. The molecule has 3 N–H and O–H groups in total. The first kappa shape index (κ1) is 13.1. The number of nitrogens with one attached hydrogen (secondary N) is 1. The topological polar surface area (TPSA) is 68.0 Å². The van der Waals surface area contributed by atoms with Crippen molar-refractivity contribution in [3.63, 3.8) is 0 Å². The largest absolute Gasteiger partial charge is 0.396 e. The van der Waals surface area contributed by atoms with Gasteiger partial charge in [-0.2, -0.15) is 0 Å². The zero-order valence-electron chi connectivity index (χ0n) is 11.4. The van der Waals surface area contributed by atoms with Gasteiger partial charge in [0.05, 0.1) is 12.1 Å². The third-order valence-electron chi connectivity index (χ3n) is 3.28. The molecule has 0 atom stereocenters.